The standard InChI is InChI=1S/C12H14N6/c1-7(2)15-11-8-3-5-13-10(8)16-12(17-11)9-4-6-14-18-9/h3-7H,1-2H3,(H,14,18)(H2,13,15,16,17). The lowest BCUT2D eigenvalue weighted by atomic mass is 10.3. The van der Waals surface area contributed by atoms with E-state index in [1.165, 1.54) is 0 Å². The zero-order valence-electron chi connectivity index (χ0n) is 10.2. The molecule has 0 aromatic carbocycles. The highest BCUT2D eigenvalue weighted by atomic mass is 15.1. The molecule has 6 nitrogen and oxygen atoms in total. The van der Waals surface area contributed by atoms with E-state index in [1.54, 1.807) is 6.20 Å². The van der Waals surface area contributed by atoms with Gasteiger partial charge in [0.1, 0.15) is 17.2 Å². The number of nitrogens with one attached hydrogen (secondary N) is 3. The third-order valence-corrected chi connectivity index (χ3v) is 2.58. The van der Waals surface area contributed by atoms with Gasteiger partial charge in [0.05, 0.1) is 5.39 Å². The summed E-state index contributed by atoms with van der Waals surface area (Å²) in [5, 5.41) is 11.1. The van der Waals surface area contributed by atoms with E-state index in [9.17, 15) is 0 Å². The van der Waals surface area contributed by atoms with Gasteiger partial charge in [-0.1, -0.05) is 0 Å². The normalized spacial score (nSPS) is 11.3. The summed E-state index contributed by atoms with van der Waals surface area (Å²) < 4.78 is 0. The fourth-order valence-corrected chi connectivity index (χ4v) is 1.83. The molecule has 0 spiro atoms. The van der Waals surface area contributed by atoms with Crippen LogP contribution in [0.1, 0.15) is 13.8 Å². The molecule has 0 saturated carbocycles. The second kappa shape index (κ2) is 4.14. The molecule has 18 heavy (non-hydrogen) atoms. The van der Waals surface area contributed by atoms with Crippen LogP contribution in [0.25, 0.3) is 22.6 Å². The topological polar surface area (TPSA) is 82.3 Å². The van der Waals surface area contributed by atoms with E-state index in [1.807, 2.05) is 18.3 Å². The van der Waals surface area contributed by atoms with Crippen LogP contribution in [0.4, 0.5) is 5.82 Å². The second-order valence-electron chi connectivity index (χ2n) is 4.41. The van der Waals surface area contributed by atoms with Crippen LogP contribution in [0.5, 0.6) is 0 Å². The Morgan fingerprint density at radius 2 is 2.11 bits per heavy atom. The third kappa shape index (κ3) is 1.81. The lowest BCUT2D eigenvalue weighted by Crippen LogP contribution is -2.12. The number of anilines is 1. The van der Waals surface area contributed by atoms with Crippen LogP contribution in [0.2, 0.25) is 0 Å². The Labute approximate surface area is 104 Å². The Balaban J connectivity index is 2.17. The van der Waals surface area contributed by atoms with Crippen LogP contribution < -0.4 is 5.32 Å². The number of nitrogens with zero attached hydrogens (tertiary/aromatic N) is 3. The highest BCUT2D eigenvalue weighted by Gasteiger charge is 2.11. The lowest BCUT2D eigenvalue weighted by molar-refractivity contribution is 0.890. The number of fused-ring (bicyclic) bond motifs is 1. The van der Waals surface area contributed by atoms with Gasteiger partial charge in [-0.15, -0.1) is 0 Å². The molecule has 0 aliphatic carbocycles. The largest absolute Gasteiger partial charge is 0.367 e. The summed E-state index contributed by atoms with van der Waals surface area (Å²) in [7, 11) is 0. The molecule has 6 heteroatoms. The molecule has 0 bridgehead atoms. The number of H-pyrrole nitrogens is 2. The van der Waals surface area contributed by atoms with Crippen molar-refractivity contribution in [2.75, 3.05) is 5.32 Å². The highest BCUT2D eigenvalue weighted by Crippen LogP contribution is 2.23. The third-order valence-electron chi connectivity index (χ3n) is 2.58. The van der Waals surface area contributed by atoms with Crippen molar-refractivity contribution in [2.45, 2.75) is 19.9 Å². The Morgan fingerprint density at radius 1 is 1.22 bits per heavy atom. The predicted octanol–water partition coefficient (Wildman–Crippen LogP) is 2.17. The zero-order chi connectivity index (χ0) is 12.5. The van der Waals surface area contributed by atoms with Gasteiger partial charge in [0, 0.05) is 18.4 Å². The average molecular weight is 242 g/mol. The van der Waals surface area contributed by atoms with Gasteiger partial charge in [-0.2, -0.15) is 5.10 Å². The van der Waals surface area contributed by atoms with Gasteiger partial charge < -0.3 is 10.3 Å². The van der Waals surface area contributed by atoms with Gasteiger partial charge in [-0.25, -0.2) is 9.97 Å². The highest BCUT2D eigenvalue weighted by molar-refractivity contribution is 5.88. The van der Waals surface area contributed by atoms with E-state index in [2.05, 4.69) is 44.3 Å². The molecule has 0 saturated heterocycles. The maximum absolute atomic E-state index is 4.54. The first-order valence-corrected chi connectivity index (χ1v) is 5.85. The fraction of sp³-hybridized carbons (Fsp3) is 0.250. The van der Waals surface area contributed by atoms with E-state index in [-0.39, 0.29) is 0 Å². The number of aromatic amines is 2. The Kier molecular flexibility index (Phi) is 2.47. The smallest absolute Gasteiger partial charge is 0.181 e. The molecule has 0 unspecified atom stereocenters. The fourth-order valence-electron chi connectivity index (χ4n) is 1.83. The van der Waals surface area contributed by atoms with Gasteiger partial charge >= 0.3 is 0 Å². The molecule has 0 fully saturated rings. The quantitative estimate of drug-likeness (QED) is 0.657. The van der Waals surface area contributed by atoms with Crippen molar-refractivity contribution >= 4 is 16.9 Å². The van der Waals surface area contributed by atoms with Crippen LogP contribution in [-0.4, -0.2) is 31.2 Å². The summed E-state index contributed by atoms with van der Waals surface area (Å²) in [4.78, 5) is 12.1. The van der Waals surface area contributed by atoms with Crippen molar-refractivity contribution in [1.29, 1.82) is 0 Å². The molecule has 3 aromatic heterocycles. The molecule has 3 rings (SSSR count). The summed E-state index contributed by atoms with van der Waals surface area (Å²) in [6, 6.07) is 4.13. The molecule has 0 amide bonds. The van der Waals surface area contributed by atoms with E-state index < -0.39 is 0 Å². The van der Waals surface area contributed by atoms with Crippen LogP contribution in [-0.2, 0) is 0 Å². The van der Waals surface area contributed by atoms with Gasteiger partial charge in [0.2, 0.25) is 0 Å². The molecular formula is C12H14N6. The molecular weight excluding hydrogens is 228 g/mol. The SMILES string of the molecule is CC(C)Nc1nc(-c2ccn[nH]2)nc2[nH]ccc12. The van der Waals surface area contributed by atoms with E-state index in [0.29, 0.717) is 11.9 Å². The first-order chi connectivity index (χ1) is 8.74. The first kappa shape index (κ1) is 10.8. The molecule has 0 radical (unpaired) electrons. The summed E-state index contributed by atoms with van der Waals surface area (Å²) >= 11 is 0. The summed E-state index contributed by atoms with van der Waals surface area (Å²) in [5.74, 6) is 1.46. The molecule has 3 N–H and O–H groups in total. The van der Waals surface area contributed by atoms with Crippen LogP contribution in [0.3, 0.4) is 0 Å². The summed E-state index contributed by atoms with van der Waals surface area (Å²) in [6.45, 7) is 4.16. The van der Waals surface area contributed by atoms with Crippen LogP contribution in [0.15, 0.2) is 24.5 Å². The maximum Gasteiger partial charge on any atom is 0.181 e. The Bertz CT molecular complexity index is 652. The second-order valence-corrected chi connectivity index (χ2v) is 4.41. The number of rotatable bonds is 3. The van der Waals surface area contributed by atoms with Crippen molar-refractivity contribution in [1.82, 2.24) is 25.1 Å². The molecule has 3 aromatic rings. The van der Waals surface area contributed by atoms with Crippen molar-refractivity contribution in [3.05, 3.63) is 24.5 Å². The van der Waals surface area contributed by atoms with Crippen molar-refractivity contribution < 1.29 is 0 Å². The van der Waals surface area contributed by atoms with E-state index >= 15 is 0 Å². The zero-order valence-corrected chi connectivity index (χ0v) is 10.2. The van der Waals surface area contributed by atoms with Crippen molar-refractivity contribution in [2.24, 2.45) is 0 Å². The Morgan fingerprint density at radius 3 is 2.83 bits per heavy atom. The minimum Gasteiger partial charge on any atom is -0.367 e. The van der Waals surface area contributed by atoms with Gasteiger partial charge in [0.15, 0.2) is 5.82 Å². The monoisotopic (exact) mass is 242 g/mol. The summed E-state index contributed by atoms with van der Waals surface area (Å²) in [6.07, 6.45) is 3.55. The van der Waals surface area contributed by atoms with Crippen molar-refractivity contribution in [3.63, 3.8) is 0 Å². The molecule has 0 aliphatic heterocycles. The Hall–Kier alpha value is -2.37. The van der Waals surface area contributed by atoms with E-state index in [0.717, 1.165) is 22.5 Å². The van der Waals surface area contributed by atoms with E-state index in [4.69, 9.17) is 0 Å². The lowest BCUT2D eigenvalue weighted by Gasteiger charge is -2.10. The van der Waals surface area contributed by atoms with Crippen molar-refractivity contribution in [3.8, 4) is 11.5 Å². The minimum absolute atomic E-state index is 0.313. The number of aromatic nitrogens is 5. The molecule has 0 atom stereocenters. The van der Waals surface area contributed by atoms with Crippen LogP contribution in [0, 0.1) is 0 Å². The summed E-state index contributed by atoms with van der Waals surface area (Å²) in [5.41, 5.74) is 1.62. The average Bonchev–Trinajstić information content (AvgIpc) is 2.99. The molecule has 92 valence electrons. The maximum atomic E-state index is 4.54. The molecule has 3 heterocycles. The van der Waals surface area contributed by atoms with Crippen LogP contribution >= 0.6 is 0 Å². The van der Waals surface area contributed by atoms with Gasteiger partial charge in [0.25, 0.3) is 0 Å². The van der Waals surface area contributed by atoms with Gasteiger partial charge in [-0.05, 0) is 26.0 Å². The number of hydrogen-bond donors (Lipinski definition) is 3. The predicted molar refractivity (Wildman–Crippen MR) is 70.2 cm³/mol. The molecule has 0 aliphatic rings. The number of hydrogen-bond acceptors (Lipinski definition) is 4. The first-order valence-electron chi connectivity index (χ1n) is 5.85. The van der Waals surface area contributed by atoms with Gasteiger partial charge in [-0.3, -0.25) is 5.10 Å². The minimum atomic E-state index is 0.313.